The van der Waals surface area contributed by atoms with Gasteiger partial charge in [-0.3, -0.25) is 14.9 Å². The molecular formula is C24H29N7O. The first-order valence-electron chi connectivity index (χ1n) is 11.1. The maximum absolute atomic E-state index is 12.5. The third-order valence-electron chi connectivity index (χ3n) is 6.94. The average Bonchev–Trinajstić information content (AvgIpc) is 3.27. The number of nitrogens with zero attached hydrogens (tertiary/aromatic N) is 6. The fourth-order valence-corrected chi connectivity index (χ4v) is 5.05. The number of aryl methyl sites for hydroxylation is 2. The van der Waals surface area contributed by atoms with Crippen molar-refractivity contribution in [2.24, 2.45) is 13.0 Å². The van der Waals surface area contributed by atoms with Crippen LogP contribution in [0.5, 0.6) is 0 Å². The lowest BCUT2D eigenvalue weighted by molar-refractivity contribution is 0.328. The standard InChI is InChI=1S/C24H29N7O/c1-14-13-31(21-10-23(32)30(5)22-12-26-28-24(21)22)16(3)8-20(14)29(4)17-6-7-18-19(9-17)27-15(2)11-25-18/h6-7,9-12,14,16,20H,8,13H2,1-5H3,(H,26,28). The summed E-state index contributed by atoms with van der Waals surface area (Å²) in [4.78, 5) is 26.4. The van der Waals surface area contributed by atoms with Gasteiger partial charge in [-0.1, -0.05) is 6.92 Å². The molecule has 166 valence electrons. The van der Waals surface area contributed by atoms with E-state index >= 15 is 0 Å². The first-order valence-corrected chi connectivity index (χ1v) is 11.1. The molecule has 0 spiro atoms. The molecule has 0 saturated carbocycles. The van der Waals surface area contributed by atoms with Crippen molar-refractivity contribution < 1.29 is 0 Å². The van der Waals surface area contributed by atoms with Crippen molar-refractivity contribution in [3.8, 4) is 0 Å². The summed E-state index contributed by atoms with van der Waals surface area (Å²) in [5, 5.41) is 7.28. The van der Waals surface area contributed by atoms with Crippen LogP contribution in [0, 0.1) is 12.8 Å². The van der Waals surface area contributed by atoms with Gasteiger partial charge in [-0.2, -0.15) is 5.10 Å². The van der Waals surface area contributed by atoms with E-state index in [1.807, 2.05) is 13.0 Å². The van der Waals surface area contributed by atoms with Crippen molar-refractivity contribution >= 4 is 33.4 Å². The molecule has 5 rings (SSSR count). The maximum atomic E-state index is 12.5. The van der Waals surface area contributed by atoms with E-state index in [1.54, 1.807) is 30.1 Å². The average molecular weight is 432 g/mol. The number of aromatic nitrogens is 5. The van der Waals surface area contributed by atoms with Crippen molar-refractivity contribution in [3.05, 3.63) is 52.7 Å². The third kappa shape index (κ3) is 3.30. The lowest BCUT2D eigenvalue weighted by atomic mass is 9.87. The van der Waals surface area contributed by atoms with Crippen LogP contribution in [-0.2, 0) is 7.05 Å². The Morgan fingerprint density at radius 2 is 1.97 bits per heavy atom. The molecule has 1 aliphatic rings. The number of hydrogen-bond donors (Lipinski definition) is 1. The van der Waals surface area contributed by atoms with Crippen LogP contribution in [0.3, 0.4) is 0 Å². The molecule has 3 unspecified atom stereocenters. The van der Waals surface area contributed by atoms with Crippen LogP contribution in [0.25, 0.3) is 22.1 Å². The van der Waals surface area contributed by atoms with Gasteiger partial charge in [0.15, 0.2) is 0 Å². The molecule has 0 bridgehead atoms. The molecule has 0 aliphatic carbocycles. The Morgan fingerprint density at radius 3 is 2.78 bits per heavy atom. The number of hydrogen-bond acceptors (Lipinski definition) is 6. The van der Waals surface area contributed by atoms with Gasteiger partial charge in [-0.15, -0.1) is 0 Å². The highest BCUT2D eigenvalue weighted by Crippen LogP contribution is 2.34. The lowest BCUT2D eigenvalue weighted by Crippen LogP contribution is -2.53. The van der Waals surface area contributed by atoms with Crippen LogP contribution < -0.4 is 15.4 Å². The van der Waals surface area contributed by atoms with Crippen molar-refractivity contribution in [1.82, 2.24) is 24.7 Å². The molecule has 0 radical (unpaired) electrons. The maximum Gasteiger partial charge on any atom is 0.252 e. The van der Waals surface area contributed by atoms with Crippen LogP contribution in [-0.4, -0.2) is 50.4 Å². The summed E-state index contributed by atoms with van der Waals surface area (Å²) in [5.41, 5.74) is 6.59. The molecule has 1 aliphatic heterocycles. The van der Waals surface area contributed by atoms with Gasteiger partial charge >= 0.3 is 0 Å². The van der Waals surface area contributed by atoms with E-state index in [-0.39, 0.29) is 11.6 Å². The molecule has 1 N–H and O–H groups in total. The van der Waals surface area contributed by atoms with E-state index in [1.165, 1.54) is 0 Å². The highest BCUT2D eigenvalue weighted by molar-refractivity contribution is 5.88. The number of nitrogens with one attached hydrogen (secondary N) is 1. The first kappa shape index (κ1) is 20.5. The second kappa shape index (κ2) is 7.62. The number of aromatic amines is 1. The summed E-state index contributed by atoms with van der Waals surface area (Å²) < 4.78 is 1.64. The SMILES string of the molecule is Cc1cnc2ccc(N(C)C3CC(C)N(c4cc(=O)n(C)c5cn[nH]c45)CC3C)cc2n1. The number of anilines is 2. The molecular weight excluding hydrogens is 402 g/mol. The van der Waals surface area contributed by atoms with Gasteiger partial charge in [0.05, 0.1) is 34.1 Å². The lowest BCUT2D eigenvalue weighted by Gasteiger charge is -2.46. The number of H-pyrrole nitrogens is 1. The Hall–Kier alpha value is -3.42. The van der Waals surface area contributed by atoms with Crippen molar-refractivity contribution in [3.63, 3.8) is 0 Å². The monoisotopic (exact) mass is 431 g/mol. The number of piperidine rings is 1. The highest BCUT2D eigenvalue weighted by atomic mass is 16.1. The number of pyridine rings is 1. The minimum Gasteiger partial charge on any atom is -0.371 e. The van der Waals surface area contributed by atoms with Gasteiger partial charge in [0, 0.05) is 50.7 Å². The van der Waals surface area contributed by atoms with E-state index in [2.05, 4.69) is 63.0 Å². The van der Waals surface area contributed by atoms with Gasteiger partial charge in [0.1, 0.15) is 5.52 Å². The zero-order chi connectivity index (χ0) is 22.6. The van der Waals surface area contributed by atoms with Crippen LogP contribution in [0.4, 0.5) is 11.4 Å². The Labute approximate surface area is 186 Å². The van der Waals surface area contributed by atoms with Crippen molar-refractivity contribution in [2.45, 2.75) is 39.3 Å². The normalized spacial score (nSPS) is 21.4. The molecule has 8 nitrogen and oxygen atoms in total. The van der Waals surface area contributed by atoms with Gasteiger partial charge in [-0.25, -0.2) is 4.98 Å². The van der Waals surface area contributed by atoms with Crippen molar-refractivity contribution in [1.29, 1.82) is 0 Å². The van der Waals surface area contributed by atoms with E-state index in [4.69, 9.17) is 0 Å². The number of rotatable bonds is 3. The van der Waals surface area contributed by atoms with Gasteiger partial charge < -0.3 is 14.4 Å². The van der Waals surface area contributed by atoms with E-state index in [0.717, 1.165) is 52.1 Å². The molecule has 8 heteroatoms. The largest absolute Gasteiger partial charge is 0.371 e. The summed E-state index contributed by atoms with van der Waals surface area (Å²) in [6.45, 7) is 7.36. The Bertz CT molecular complexity index is 1360. The fraction of sp³-hybridized carbons (Fsp3) is 0.417. The molecule has 1 saturated heterocycles. The van der Waals surface area contributed by atoms with E-state index < -0.39 is 0 Å². The molecule has 1 aromatic carbocycles. The first-order chi connectivity index (χ1) is 15.3. The quantitative estimate of drug-likeness (QED) is 0.536. The van der Waals surface area contributed by atoms with E-state index in [0.29, 0.717) is 12.0 Å². The molecule has 32 heavy (non-hydrogen) atoms. The fourth-order valence-electron chi connectivity index (χ4n) is 5.05. The molecule has 3 atom stereocenters. The Balaban J connectivity index is 1.44. The third-order valence-corrected chi connectivity index (χ3v) is 6.94. The van der Waals surface area contributed by atoms with Crippen LogP contribution in [0.1, 0.15) is 26.0 Å². The summed E-state index contributed by atoms with van der Waals surface area (Å²) in [6, 6.07) is 8.70. The minimum absolute atomic E-state index is 0.0134. The molecule has 4 aromatic rings. The summed E-state index contributed by atoms with van der Waals surface area (Å²) in [7, 11) is 3.95. The predicted octanol–water partition coefficient (Wildman–Crippen LogP) is 3.25. The Kier molecular flexibility index (Phi) is 4.87. The molecule has 3 aromatic heterocycles. The highest BCUT2D eigenvalue weighted by Gasteiger charge is 2.35. The van der Waals surface area contributed by atoms with Crippen molar-refractivity contribution in [2.75, 3.05) is 23.4 Å². The number of benzene rings is 1. The van der Waals surface area contributed by atoms with Crippen LogP contribution in [0.2, 0.25) is 0 Å². The summed E-state index contributed by atoms with van der Waals surface area (Å²) in [5.74, 6) is 0.400. The summed E-state index contributed by atoms with van der Waals surface area (Å²) >= 11 is 0. The molecule has 0 amide bonds. The van der Waals surface area contributed by atoms with Gasteiger partial charge in [0.25, 0.3) is 5.56 Å². The Morgan fingerprint density at radius 1 is 1.16 bits per heavy atom. The zero-order valence-electron chi connectivity index (χ0n) is 19.2. The molecule has 4 heterocycles. The molecule has 1 fully saturated rings. The predicted molar refractivity (Wildman–Crippen MR) is 128 cm³/mol. The van der Waals surface area contributed by atoms with Gasteiger partial charge in [0.2, 0.25) is 0 Å². The van der Waals surface area contributed by atoms with Gasteiger partial charge in [-0.05, 0) is 44.4 Å². The van der Waals surface area contributed by atoms with Crippen LogP contribution >= 0.6 is 0 Å². The zero-order valence-corrected chi connectivity index (χ0v) is 19.2. The van der Waals surface area contributed by atoms with E-state index in [9.17, 15) is 4.79 Å². The second-order valence-electron chi connectivity index (χ2n) is 9.13. The number of fused-ring (bicyclic) bond motifs is 2. The smallest absolute Gasteiger partial charge is 0.252 e. The van der Waals surface area contributed by atoms with Crippen LogP contribution in [0.15, 0.2) is 41.5 Å². The second-order valence-corrected chi connectivity index (χ2v) is 9.13. The summed E-state index contributed by atoms with van der Waals surface area (Å²) in [6.07, 6.45) is 4.51. The topological polar surface area (TPSA) is 82.9 Å². The minimum atomic E-state index is -0.0134.